The third-order valence-electron chi connectivity index (χ3n) is 2.45. The van der Waals surface area contributed by atoms with Crippen molar-refractivity contribution in [3.05, 3.63) is 46.5 Å². The average Bonchev–Trinajstić information content (AvgIpc) is 2.44. The molecule has 0 radical (unpaired) electrons. The predicted octanol–water partition coefficient (Wildman–Crippen LogP) is 1.35. The standard InChI is InChI=1S/C6H5NO4.C6H6O5S/c8-5-3-1-2-4(6(5)9)7(10)11;7-4-2-1-3-5(6(4)8)12(9,10)11/h1-3,8-9H;1-3,7-8H,(H,9,10,11). The van der Waals surface area contributed by atoms with Crippen LogP contribution >= 0.6 is 0 Å². The molecule has 11 heteroatoms. The van der Waals surface area contributed by atoms with Crippen molar-refractivity contribution in [2.75, 3.05) is 0 Å². The molecule has 0 bridgehead atoms. The van der Waals surface area contributed by atoms with Crippen molar-refractivity contribution >= 4 is 15.8 Å². The molecule has 2 aromatic rings. The number of rotatable bonds is 2. The van der Waals surface area contributed by atoms with E-state index in [-0.39, 0.29) is 0 Å². The first-order chi connectivity index (χ1) is 10.6. The van der Waals surface area contributed by atoms with Crippen LogP contribution in [0.25, 0.3) is 0 Å². The van der Waals surface area contributed by atoms with Gasteiger partial charge in [0.1, 0.15) is 4.90 Å². The van der Waals surface area contributed by atoms with Gasteiger partial charge in [-0.25, -0.2) is 0 Å². The first-order valence-corrected chi connectivity index (χ1v) is 7.13. The van der Waals surface area contributed by atoms with Crippen molar-refractivity contribution in [3.8, 4) is 23.0 Å². The molecule has 5 N–H and O–H groups in total. The summed E-state index contributed by atoms with van der Waals surface area (Å²) < 4.78 is 29.5. The average molecular weight is 345 g/mol. The zero-order chi connectivity index (χ0) is 17.8. The first-order valence-electron chi connectivity index (χ1n) is 5.69. The molecule has 2 aromatic carbocycles. The zero-order valence-electron chi connectivity index (χ0n) is 11.2. The Labute approximate surface area is 129 Å². The highest BCUT2D eigenvalue weighted by molar-refractivity contribution is 7.86. The third kappa shape index (κ3) is 4.46. The predicted molar refractivity (Wildman–Crippen MR) is 76.0 cm³/mol. The van der Waals surface area contributed by atoms with Crippen molar-refractivity contribution in [1.29, 1.82) is 0 Å². The van der Waals surface area contributed by atoms with E-state index in [4.69, 9.17) is 25.0 Å². The van der Waals surface area contributed by atoms with Gasteiger partial charge >= 0.3 is 5.69 Å². The molecule has 0 aromatic heterocycles. The number of nitrogens with zero attached hydrogens (tertiary/aromatic N) is 1. The van der Waals surface area contributed by atoms with Crippen molar-refractivity contribution in [2.24, 2.45) is 0 Å². The number of phenolic OH excluding ortho intramolecular Hbond substituents is 4. The van der Waals surface area contributed by atoms with Crippen LogP contribution in [0.1, 0.15) is 0 Å². The molecule has 0 saturated heterocycles. The fourth-order valence-electron chi connectivity index (χ4n) is 1.39. The van der Waals surface area contributed by atoms with Crippen molar-refractivity contribution < 1.29 is 38.3 Å². The fraction of sp³-hybridized carbons (Fsp3) is 0. The Balaban J connectivity index is 0.000000231. The van der Waals surface area contributed by atoms with E-state index in [1.807, 2.05) is 0 Å². The van der Waals surface area contributed by atoms with E-state index < -0.39 is 48.6 Å². The van der Waals surface area contributed by atoms with Crippen LogP contribution in [0, 0.1) is 10.1 Å². The highest BCUT2D eigenvalue weighted by Crippen LogP contribution is 2.33. The van der Waals surface area contributed by atoms with Gasteiger partial charge in [0.25, 0.3) is 10.1 Å². The summed E-state index contributed by atoms with van der Waals surface area (Å²) in [7, 11) is -4.47. The number of para-hydroxylation sites is 2. The number of nitro groups is 1. The lowest BCUT2D eigenvalue weighted by molar-refractivity contribution is -0.386. The lowest BCUT2D eigenvalue weighted by Crippen LogP contribution is -1.97. The van der Waals surface area contributed by atoms with Crippen LogP contribution in [0.15, 0.2) is 41.3 Å². The second-order valence-corrected chi connectivity index (χ2v) is 5.39. The fourth-order valence-corrected chi connectivity index (χ4v) is 1.99. The Morgan fingerprint density at radius 2 is 1.35 bits per heavy atom. The van der Waals surface area contributed by atoms with Gasteiger partial charge < -0.3 is 20.4 Å². The van der Waals surface area contributed by atoms with Gasteiger partial charge in [0.2, 0.25) is 5.75 Å². The lowest BCUT2D eigenvalue weighted by Gasteiger charge is -2.01. The Hall–Kier alpha value is -3.05. The van der Waals surface area contributed by atoms with E-state index in [0.29, 0.717) is 0 Å². The summed E-state index contributed by atoms with van der Waals surface area (Å²) in [4.78, 5) is 8.63. The summed E-state index contributed by atoms with van der Waals surface area (Å²) in [5.74, 6) is -2.62. The quantitative estimate of drug-likeness (QED) is 0.232. The number of phenols is 4. The van der Waals surface area contributed by atoms with Crippen molar-refractivity contribution in [2.45, 2.75) is 4.90 Å². The highest BCUT2D eigenvalue weighted by Gasteiger charge is 2.17. The van der Waals surface area contributed by atoms with E-state index >= 15 is 0 Å². The Bertz CT molecular complexity index is 832. The van der Waals surface area contributed by atoms with Gasteiger partial charge in [-0.2, -0.15) is 8.42 Å². The van der Waals surface area contributed by atoms with Crippen LogP contribution in [0.3, 0.4) is 0 Å². The van der Waals surface area contributed by atoms with Crippen LogP contribution < -0.4 is 0 Å². The lowest BCUT2D eigenvalue weighted by atomic mass is 10.3. The third-order valence-corrected chi connectivity index (χ3v) is 3.33. The molecule has 0 unspecified atom stereocenters. The molecule has 0 spiro atoms. The highest BCUT2D eigenvalue weighted by atomic mass is 32.2. The van der Waals surface area contributed by atoms with Crippen molar-refractivity contribution in [3.63, 3.8) is 0 Å². The van der Waals surface area contributed by atoms with E-state index in [9.17, 15) is 18.5 Å². The van der Waals surface area contributed by atoms with Crippen LogP contribution in [0.2, 0.25) is 0 Å². The number of benzene rings is 2. The smallest absolute Gasteiger partial charge is 0.314 e. The molecule has 0 aliphatic carbocycles. The topological polar surface area (TPSA) is 178 Å². The second kappa shape index (κ2) is 6.81. The molecule has 0 heterocycles. The molecule has 23 heavy (non-hydrogen) atoms. The Kier molecular flexibility index (Phi) is 5.33. The molecule has 0 aliphatic rings. The molecule has 124 valence electrons. The molecule has 2 rings (SSSR count). The minimum absolute atomic E-state index is 0.487. The minimum Gasteiger partial charge on any atom is -0.504 e. The maximum absolute atomic E-state index is 10.5. The minimum atomic E-state index is -4.47. The first kappa shape index (κ1) is 18.0. The van der Waals surface area contributed by atoms with Gasteiger partial charge in [-0.1, -0.05) is 12.1 Å². The van der Waals surface area contributed by atoms with Crippen LogP contribution in [0.4, 0.5) is 5.69 Å². The molecule has 0 aliphatic heterocycles. The molecule has 0 amide bonds. The molecule has 10 nitrogen and oxygen atoms in total. The summed E-state index contributed by atoms with van der Waals surface area (Å²) >= 11 is 0. The Morgan fingerprint density at radius 1 is 0.870 bits per heavy atom. The SMILES string of the molecule is O=S(=O)(O)c1cccc(O)c1O.O=[N+]([O-])c1cccc(O)c1O. The maximum Gasteiger partial charge on any atom is 0.314 e. The molecule has 0 fully saturated rings. The molecule has 0 atom stereocenters. The van der Waals surface area contributed by atoms with Crippen LogP contribution in [-0.2, 0) is 10.1 Å². The van der Waals surface area contributed by atoms with Gasteiger partial charge in [0.05, 0.1) is 4.92 Å². The van der Waals surface area contributed by atoms with Gasteiger partial charge in [-0.3, -0.25) is 14.7 Å². The Morgan fingerprint density at radius 3 is 1.74 bits per heavy atom. The van der Waals surface area contributed by atoms with Gasteiger partial charge in [-0.15, -0.1) is 0 Å². The summed E-state index contributed by atoms with van der Waals surface area (Å²) in [6.07, 6.45) is 0. The van der Waals surface area contributed by atoms with E-state index in [2.05, 4.69) is 0 Å². The number of hydrogen-bond acceptors (Lipinski definition) is 8. The normalized spacial score (nSPS) is 10.5. The van der Waals surface area contributed by atoms with Crippen molar-refractivity contribution in [1.82, 2.24) is 0 Å². The summed E-state index contributed by atoms with van der Waals surface area (Å²) in [5.41, 5.74) is -0.495. The number of nitro benzene ring substituents is 1. The van der Waals surface area contributed by atoms with E-state index in [1.54, 1.807) is 0 Å². The maximum atomic E-state index is 10.5. The van der Waals surface area contributed by atoms with Crippen LogP contribution in [0.5, 0.6) is 23.0 Å². The molecular weight excluding hydrogens is 334 g/mol. The monoisotopic (exact) mass is 345 g/mol. The van der Waals surface area contributed by atoms with Gasteiger partial charge in [0, 0.05) is 6.07 Å². The summed E-state index contributed by atoms with van der Waals surface area (Å²) in [6.45, 7) is 0. The molecule has 0 saturated carbocycles. The summed E-state index contributed by atoms with van der Waals surface area (Å²) in [6, 6.07) is 6.83. The second-order valence-electron chi connectivity index (χ2n) is 4.00. The van der Waals surface area contributed by atoms with Gasteiger partial charge in [0.15, 0.2) is 17.2 Å². The van der Waals surface area contributed by atoms with E-state index in [1.165, 1.54) is 18.2 Å². The molecular formula is C12H11NO9S. The number of hydrogen-bond donors (Lipinski definition) is 5. The summed E-state index contributed by atoms with van der Waals surface area (Å²) in [5, 5.41) is 45.6. The van der Waals surface area contributed by atoms with E-state index in [0.717, 1.165) is 18.2 Å². The zero-order valence-corrected chi connectivity index (χ0v) is 12.0. The van der Waals surface area contributed by atoms with Gasteiger partial charge in [-0.05, 0) is 18.2 Å². The number of aromatic hydroxyl groups is 4. The largest absolute Gasteiger partial charge is 0.504 e. The van der Waals surface area contributed by atoms with Crippen LogP contribution in [-0.4, -0.2) is 38.3 Å².